The van der Waals surface area contributed by atoms with Gasteiger partial charge in [-0.15, -0.1) is 0 Å². The van der Waals surface area contributed by atoms with Gasteiger partial charge in [0.15, 0.2) is 0 Å². The fourth-order valence-corrected chi connectivity index (χ4v) is 4.05. The van der Waals surface area contributed by atoms with E-state index < -0.39 is 0 Å². The summed E-state index contributed by atoms with van der Waals surface area (Å²) in [6.07, 6.45) is 2.00. The van der Waals surface area contributed by atoms with Crippen LogP contribution in [0.15, 0.2) is 47.9 Å². The van der Waals surface area contributed by atoms with Crippen molar-refractivity contribution in [2.45, 2.75) is 0 Å². The molecule has 0 saturated heterocycles. The van der Waals surface area contributed by atoms with Gasteiger partial charge in [0.05, 0.1) is 16.4 Å². The number of hydrogen-bond donors (Lipinski definition) is 0. The summed E-state index contributed by atoms with van der Waals surface area (Å²) >= 11 is 20.2. The Morgan fingerprint density at radius 1 is 0.960 bits per heavy atom. The lowest BCUT2D eigenvalue weighted by atomic mass is 10.1. The number of nitrogens with zero attached hydrogens (tertiary/aromatic N) is 3. The van der Waals surface area contributed by atoms with Crippen LogP contribution in [-0.4, -0.2) is 16.8 Å². The van der Waals surface area contributed by atoms with E-state index in [0.717, 1.165) is 28.3 Å². The van der Waals surface area contributed by atoms with Gasteiger partial charge in [-0.1, -0.05) is 46.9 Å². The Bertz CT molecular complexity index is 980. The van der Waals surface area contributed by atoms with Crippen molar-refractivity contribution < 1.29 is 0 Å². The number of halogens is 3. The third-order valence-corrected chi connectivity index (χ3v) is 5.45. The molecule has 1 aliphatic heterocycles. The molecule has 3 nitrogen and oxygen atoms in total. The molecule has 7 heteroatoms. The highest BCUT2D eigenvalue weighted by Crippen LogP contribution is 2.42. The summed E-state index contributed by atoms with van der Waals surface area (Å²) in [7, 11) is 2.02. The lowest BCUT2D eigenvalue weighted by molar-refractivity contribution is 0.883. The number of anilines is 1. The molecule has 1 aliphatic rings. The second-order valence-electron chi connectivity index (χ2n) is 5.50. The second-order valence-corrected chi connectivity index (χ2v) is 7.81. The number of benzene rings is 2. The zero-order valence-corrected chi connectivity index (χ0v) is 16.2. The topological polar surface area (TPSA) is 21.1 Å². The van der Waals surface area contributed by atoms with E-state index in [9.17, 15) is 0 Å². The lowest BCUT2D eigenvalue weighted by Crippen LogP contribution is -2.09. The number of rotatable bonds is 2. The molecule has 0 fully saturated rings. The van der Waals surface area contributed by atoms with Gasteiger partial charge in [-0.05, 0) is 53.8 Å². The molecule has 2 aromatic carbocycles. The Kier molecular flexibility index (Phi) is 4.46. The standard InChI is InChI=1S/C18H12Cl3N3S/c1-23-18-15(8-9-25-23)22-24(16-7-6-13(20)10-14(16)21)17(18)11-2-4-12(19)5-3-11/h2-10H,1H3. The maximum Gasteiger partial charge on any atom is 0.111 e. The van der Waals surface area contributed by atoms with Crippen LogP contribution in [0.4, 0.5) is 5.69 Å². The maximum absolute atomic E-state index is 6.45. The van der Waals surface area contributed by atoms with E-state index in [0.29, 0.717) is 15.1 Å². The van der Waals surface area contributed by atoms with E-state index in [4.69, 9.17) is 39.9 Å². The van der Waals surface area contributed by atoms with Gasteiger partial charge in [0.2, 0.25) is 0 Å². The lowest BCUT2D eigenvalue weighted by Gasteiger charge is -2.20. The fourth-order valence-electron chi connectivity index (χ4n) is 2.78. The molecule has 1 aromatic heterocycles. The Morgan fingerprint density at radius 3 is 2.40 bits per heavy atom. The molecule has 25 heavy (non-hydrogen) atoms. The molecule has 3 aromatic rings. The summed E-state index contributed by atoms with van der Waals surface area (Å²) < 4.78 is 3.95. The maximum atomic E-state index is 6.45. The molecule has 0 unspecified atom stereocenters. The molecule has 0 bridgehead atoms. The van der Waals surface area contributed by atoms with Gasteiger partial charge in [-0.2, -0.15) is 5.10 Å². The minimum Gasteiger partial charge on any atom is -0.312 e. The molecule has 2 heterocycles. The first-order valence-corrected chi connectivity index (χ1v) is 9.43. The first-order valence-electron chi connectivity index (χ1n) is 7.46. The number of hydrogen-bond acceptors (Lipinski definition) is 3. The molecule has 0 saturated carbocycles. The molecule has 0 aliphatic carbocycles. The summed E-state index contributed by atoms with van der Waals surface area (Å²) in [4.78, 5) is 0. The summed E-state index contributed by atoms with van der Waals surface area (Å²) in [6, 6.07) is 13.1. The van der Waals surface area contributed by atoms with Gasteiger partial charge in [0, 0.05) is 22.7 Å². The zero-order chi connectivity index (χ0) is 17.6. The third kappa shape index (κ3) is 3.04. The monoisotopic (exact) mass is 407 g/mol. The van der Waals surface area contributed by atoms with E-state index in [1.807, 2.05) is 59.6 Å². The van der Waals surface area contributed by atoms with Crippen molar-refractivity contribution in [1.82, 2.24) is 9.78 Å². The van der Waals surface area contributed by atoms with Gasteiger partial charge in [0.1, 0.15) is 11.4 Å². The molecule has 0 N–H and O–H groups in total. The Labute approximate surface area is 164 Å². The number of fused-ring (bicyclic) bond motifs is 1. The minimum absolute atomic E-state index is 0.543. The van der Waals surface area contributed by atoms with Crippen LogP contribution in [-0.2, 0) is 0 Å². The van der Waals surface area contributed by atoms with E-state index >= 15 is 0 Å². The summed E-state index contributed by atoms with van der Waals surface area (Å²) in [6.45, 7) is 0. The van der Waals surface area contributed by atoms with Crippen molar-refractivity contribution in [3.63, 3.8) is 0 Å². The molecule has 126 valence electrons. The highest BCUT2D eigenvalue weighted by atomic mass is 35.5. The van der Waals surface area contributed by atoms with Crippen LogP contribution in [0.2, 0.25) is 15.1 Å². The van der Waals surface area contributed by atoms with Gasteiger partial charge in [-0.3, -0.25) is 0 Å². The average Bonchev–Trinajstić information content (AvgIpc) is 2.96. The quantitative estimate of drug-likeness (QED) is 0.447. The van der Waals surface area contributed by atoms with Crippen LogP contribution in [0.25, 0.3) is 23.0 Å². The van der Waals surface area contributed by atoms with E-state index in [1.54, 1.807) is 18.0 Å². The summed E-state index contributed by atoms with van der Waals surface area (Å²) in [5.74, 6) is 0. The van der Waals surface area contributed by atoms with E-state index in [2.05, 4.69) is 4.31 Å². The van der Waals surface area contributed by atoms with Crippen LogP contribution in [0, 0.1) is 0 Å². The largest absolute Gasteiger partial charge is 0.312 e. The molecule has 0 amide bonds. The van der Waals surface area contributed by atoms with Gasteiger partial charge in [0.25, 0.3) is 0 Å². The highest BCUT2D eigenvalue weighted by molar-refractivity contribution is 8.03. The fraction of sp³-hybridized carbons (Fsp3) is 0.0556. The van der Waals surface area contributed by atoms with Crippen LogP contribution in [0.3, 0.4) is 0 Å². The van der Waals surface area contributed by atoms with Crippen molar-refractivity contribution in [1.29, 1.82) is 0 Å². The van der Waals surface area contributed by atoms with E-state index in [-0.39, 0.29) is 0 Å². The zero-order valence-electron chi connectivity index (χ0n) is 13.1. The summed E-state index contributed by atoms with van der Waals surface area (Å²) in [5, 5.41) is 8.61. The molecule has 0 spiro atoms. The first kappa shape index (κ1) is 16.9. The van der Waals surface area contributed by atoms with Crippen LogP contribution in [0.5, 0.6) is 0 Å². The molecular weight excluding hydrogens is 397 g/mol. The van der Waals surface area contributed by atoms with Gasteiger partial charge >= 0.3 is 0 Å². The predicted octanol–water partition coefficient (Wildman–Crippen LogP) is 6.57. The predicted molar refractivity (Wildman–Crippen MR) is 109 cm³/mol. The second kappa shape index (κ2) is 6.61. The normalized spacial score (nSPS) is 13.2. The highest BCUT2D eigenvalue weighted by Gasteiger charge is 2.25. The molecule has 0 radical (unpaired) electrons. The van der Waals surface area contributed by atoms with Crippen LogP contribution >= 0.6 is 46.8 Å². The summed E-state index contributed by atoms with van der Waals surface area (Å²) in [5.41, 5.74) is 4.65. The van der Waals surface area contributed by atoms with Crippen LogP contribution < -0.4 is 4.31 Å². The SMILES string of the molecule is CN1SC=Cc2nn(-c3ccc(Cl)cc3Cl)c(-c3ccc(Cl)cc3)c21. The smallest absolute Gasteiger partial charge is 0.111 e. The average molecular weight is 409 g/mol. The van der Waals surface area contributed by atoms with Crippen molar-refractivity contribution in [3.8, 4) is 16.9 Å². The first-order chi connectivity index (χ1) is 12.0. The van der Waals surface area contributed by atoms with Crippen molar-refractivity contribution in [2.24, 2.45) is 0 Å². The van der Waals surface area contributed by atoms with Crippen LogP contribution in [0.1, 0.15) is 5.69 Å². The Balaban J connectivity index is 2.01. The van der Waals surface area contributed by atoms with E-state index in [1.165, 1.54) is 0 Å². The minimum atomic E-state index is 0.543. The molecule has 4 rings (SSSR count). The van der Waals surface area contributed by atoms with Gasteiger partial charge < -0.3 is 4.31 Å². The Hall–Kier alpha value is -1.59. The van der Waals surface area contributed by atoms with Crippen molar-refractivity contribution in [3.05, 3.63) is 68.6 Å². The molecule has 0 atom stereocenters. The van der Waals surface area contributed by atoms with Gasteiger partial charge in [-0.25, -0.2) is 4.68 Å². The van der Waals surface area contributed by atoms with Crippen molar-refractivity contribution >= 4 is 58.5 Å². The molecular formula is C18H12Cl3N3S. The number of aromatic nitrogens is 2. The Morgan fingerprint density at radius 2 is 1.68 bits per heavy atom. The van der Waals surface area contributed by atoms with Crippen molar-refractivity contribution in [2.75, 3.05) is 11.4 Å². The third-order valence-electron chi connectivity index (χ3n) is 3.90.